The van der Waals surface area contributed by atoms with Crippen LogP contribution in [0.3, 0.4) is 0 Å². The molecule has 3 aromatic carbocycles. The van der Waals surface area contributed by atoms with Crippen molar-refractivity contribution in [3.05, 3.63) is 102 Å². The Hall–Kier alpha value is -3.77. The van der Waals surface area contributed by atoms with Crippen molar-refractivity contribution in [2.75, 3.05) is 10.6 Å². The van der Waals surface area contributed by atoms with Gasteiger partial charge in [-0.25, -0.2) is 0 Å². The Labute approximate surface area is 174 Å². The number of thiocarbonyl (C=S) groups is 1. The first kappa shape index (κ1) is 20.0. The van der Waals surface area contributed by atoms with Crippen LogP contribution in [0.25, 0.3) is 6.08 Å². The lowest BCUT2D eigenvalue weighted by atomic mass is 10.2. The number of rotatable bonds is 5. The molecule has 0 bridgehead atoms. The summed E-state index contributed by atoms with van der Waals surface area (Å²) < 4.78 is 0. The van der Waals surface area contributed by atoms with Crippen LogP contribution in [0.1, 0.15) is 15.9 Å². The standard InChI is InChI=1S/C23H19N3O2S/c27-21(15-14-17-8-3-1-4-9-17)26-23(29)25-20-13-7-12-19(16-20)24-22(28)18-10-5-2-6-11-18/h1-16H,(H,24,28)(H2,25,26,27,29)/b15-14-. The summed E-state index contributed by atoms with van der Waals surface area (Å²) in [5.74, 6) is -0.537. The van der Waals surface area contributed by atoms with Crippen molar-refractivity contribution in [1.82, 2.24) is 5.32 Å². The molecule has 0 saturated heterocycles. The molecular weight excluding hydrogens is 382 g/mol. The van der Waals surface area contributed by atoms with E-state index in [1.165, 1.54) is 6.08 Å². The van der Waals surface area contributed by atoms with Crippen molar-refractivity contribution in [2.24, 2.45) is 0 Å². The molecule has 3 N–H and O–H groups in total. The van der Waals surface area contributed by atoms with Gasteiger partial charge in [-0.15, -0.1) is 0 Å². The van der Waals surface area contributed by atoms with Crippen LogP contribution in [0.2, 0.25) is 0 Å². The van der Waals surface area contributed by atoms with Crippen molar-refractivity contribution >= 4 is 46.6 Å². The summed E-state index contributed by atoms with van der Waals surface area (Å²) in [6, 6.07) is 25.5. The third-order valence-corrected chi connectivity index (χ3v) is 4.08. The van der Waals surface area contributed by atoms with E-state index in [4.69, 9.17) is 12.2 Å². The summed E-state index contributed by atoms with van der Waals surface area (Å²) in [6.45, 7) is 0. The Morgan fingerprint density at radius 3 is 2.07 bits per heavy atom. The summed E-state index contributed by atoms with van der Waals surface area (Å²) in [4.78, 5) is 24.3. The average Bonchev–Trinajstić information content (AvgIpc) is 2.74. The summed E-state index contributed by atoms with van der Waals surface area (Å²) in [5, 5.41) is 8.53. The SMILES string of the molecule is O=C(/C=C\c1ccccc1)NC(=S)Nc1cccc(NC(=O)c2ccccc2)c1. The van der Waals surface area contributed by atoms with Crippen molar-refractivity contribution in [3.8, 4) is 0 Å². The molecule has 3 aromatic rings. The Balaban J connectivity index is 1.55. The van der Waals surface area contributed by atoms with E-state index in [-0.39, 0.29) is 16.9 Å². The Bertz CT molecular complexity index is 1030. The van der Waals surface area contributed by atoms with Gasteiger partial charge in [-0.1, -0.05) is 54.6 Å². The minimum Gasteiger partial charge on any atom is -0.332 e. The van der Waals surface area contributed by atoms with E-state index in [9.17, 15) is 9.59 Å². The lowest BCUT2D eigenvalue weighted by Gasteiger charge is -2.10. The lowest BCUT2D eigenvalue weighted by Crippen LogP contribution is -2.32. The maximum atomic E-state index is 12.3. The molecule has 6 heteroatoms. The molecule has 0 atom stereocenters. The van der Waals surface area contributed by atoms with Gasteiger partial charge in [0.2, 0.25) is 5.91 Å². The number of anilines is 2. The predicted molar refractivity (Wildman–Crippen MR) is 121 cm³/mol. The highest BCUT2D eigenvalue weighted by atomic mass is 32.1. The van der Waals surface area contributed by atoms with E-state index in [1.54, 1.807) is 54.6 Å². The smallest absolute Gasteiger partial charge is 0.255 e. The van der Waals surface area contributed by atoms with Crippen molar-refractivity contribution in [2.45, 2.75) is 0 Å². The Kier molecular flexibility index (Phi) is 6.86. The van der Waals surface area contributed by atoms with Gasteiger partial charge in [0.1, 0.15) is 0 Å². The first-order valence-corrected chi connectivity index (χ1v) is 9.32. The fourth-order valence-corrected chi connectivity index (χ4v) is 2.74. The second kappa shape index (κ2) is 9.96. The van der Waals surface area contributed by atoms with Crippen molar-refractivity contribution < 1.29 is 9.59 Å². The third-order valence-electron chi connectivity index (χ3n) is 3.88. The number of carbonyl (C=O) groups excluding carboxylic acids is 2. The van der Waals surface area contributed by atoms with Crippen LogP contribution < -0.4 is 16.0 Å². The lowest BCUT2D eigenvalue weighted by molar-refractivity contribution is -0.115. The molecule has 3 rings (SSSR count). The fourth-order valence-electron chi connectivity index (χ4n) is 2.52. The van der Waals surface area contributed by atoms with E-state index >= 15 is 0 Å². The zero-order chi connectivity index (χ0) is 20.5. The second-order valence-electron chi connectivity index (χ2n) is 6.09. The van der Waals surface area contributed by atoms with Crippen molar-refractivity contribution in [1.29, 1.82) is 0 Å². The summed E-state index contributed by atoms with van der Waals surface area (Å²) >= 11 is 5.19. The Morgan fingerprint density at radius 2 is 1.38 bits per heavy atom. The van der Waals surface area contributed by atoms with Crippen LogP contribution in [-0.4, -0.2) is 16.9 Å². The zero-order valence-electron chi connectivity index (χ0n) is 15.5. The zero-order valence-corrected chi connectivity index (χ0v) is 16.3. The second-order valence-corrected chi connectivity index (χ2v) is 6.50. The number of hydrogen-bond donors (Lipinski definition) is 3. The van der Waals surface area contributed by atoms with Gasteiger partial charge in [-0.3, -0.25) is 14.9 Å². The van der Waals surface area contributed by atoms with Crippen LogP contribution in [0.5, 0.6) is 0 Å². The molecule has 0 aromatic heterocycles. The van der Waals surface area contributed by atoms with Crippen molar-refractivity contribution in [3.63, 3.8) is 0 Å². The molecule has 0 saturated carbocycles. The quantitative estimate of drug-likeness (QED) is 0.436. The van der Waals surface area contributed by atoms with E-state index < -0.39 is 0 Å². The normalized spacial score (nSPS) is 10.3. The monoisotopic (exact) mass is 401 g/mol. The molecule has 2 amide bonds. The van der Waals surface area contributed by atoms with Gasteiger partial charge in [0.15, 0.2) is 5.11 Å². The number of nitrogens with one attached hydrogen (secondary N) is 3. The minimum absolute atomic E-state index is 0.166. The maximum absolute atomic E-state index is 12.3. The van der Waals surface area contributed by atoms with Crippen LogP contribution in [0, 0.1) is 0 Å². The fraction of sp³-hybridized carbons (Fsp3) is 0. The molecule has 29 heavy (non-hydrogen) atoms. The topological polar surface area (TPSA) is 70.2 Å². The van der Waals surface area contributed by atoms with Gasteiger partial charge in [0.05, 0.1) is 0 Å². The molecule has 0 aliphatic rings. The molecule has 0 fully saturated rings. The number of amides is 2. The highest BCUT2D eigenvalue weighted by Crippen LogP contribution is 2.16. The molecule has 0 radical (unpaired) electrons. The molecule has 0 spiro atoms. The van der Waals surface area contributed by atoms with Gasteiger partial charge in [0.25, 0.3) is 5.91 Å². The van der Waals surface area contributed by atoms with E-state index in [1.807, 2.05) is 36.4 Å². The van der Waals surface area contributed by atoms with E-state index in [0.29, 0.717) is 16.9 Å². The Morgan fingerprint density at radius 1 is 0.759 bits per heavy atom. The van der Waals surface area contributed by atoms with Crippen LogP contribution in [0.15, 0.2) is 91.0 Å². The number of benzene rings is 3. The van der Waals surface area contributed by atoms with Gasteiger partial charge >= 0.3 is 0 Å². The molecule has 0 heterocycles. The minimum atomic E-state index is -0.333. The highest BCUT2D eigenvalue weighted by molar-refractivity contribution is 7.80. The predicted octanol–water partition coefficient (Wildman–Crippen LogP) is 4.47. The molecule has 0 aliphatic carbocycles. The summed E-state index contributed by atoms with van der Waals surface area (Å²) in [5.41, 5.74) is 2.75. The van der Waals surface area contributed by atoms with Crippen LogP contribution in [-0.2, 0) is 4.79 Å². The molecule has 0 unspecified atom stereocenters. The summed E-state index contributed by atoms with van der Waals surface area (Å²) in [7, 11) is 0. The maximum Gasteiger partial charge on any atom is 0.255 e. The van der Waals surface area contributed by atoms with Gasteiger partial charge in [0, 0.05) is 23.0 Å². The number of hydrogen-bond acceptors (Lipinski definition) is 3. The van der Waals surface area contributed by atoms with Gasteiger partial charge in [-0.2, -0.15) is 0 Å². The average molecular weight is 401 g/mol. The van der Waals surface area contributed by atoms with Crippen LogP contribution in [0.4, 0.5) is 11.4 Å². The first-order chi connectivity index (χ1) is 14.1. The van der Waals surface area contributed by atoms with Crippen LogP contribution >= 0.6 is 12.2 Å². The van der Waals surface area contributed by atoms with E-state index in [2.05, 4.69) is 16.0 Å². The third kappa shape index (κ3) is 6.41. The van der Waals surface area contributed by atoms with Gasteiger partial charge in [-0.05, 0) is 54.2 Å². The summed E-state index contributed by atoms with van der Waals surface area (Å²) in [6.07, 6.45) is 3.12. The van der Waals surface area contributed by atoms with E-state index in [0.717, 1.165) is 5.56 Å². The molecule has 5 nitrogen and oxygen atoms in total. The molecule has 144 valence electrons. The molecule has 0 aliphatic heterocycles. The highest BCUT2D eigenvalue weighted by Gasteiger charge is 2.06. The molecular formula is C23H19N3O2S. The first-order valence-electron chi connectivity index (χ1n) is 8.92. The largest absolute Gasteiger partial charge is 0.332 e. The van der Waals surface area contributed by atoms with Gasteiger partial charge < -0.3 is 10.6 Å². The number of carbonyl (C=O) groups is 2.